The molecule has 0 aromatic carbocycles. The van der Waals surface area contributed by atoms with Gasteiger partial charge in [-0.1, -0.05) is 19.8 Å². The molecule has 3 aliphatic carbocycles. The van der Waals surface area contributed by atoms with Crippen molar-refractivity contribution in [1.29, 1.82) is 0 Å². The number of fused-ring (bicyclic) bond motifs is 1. The first-order valence-corrected chi connectivity index (χ1v) is 7.50. The molecule has 96 valence electrons. The minimum atomic E-state index is 0.357. The lowest BCUT2D eigenvalue weighted by Gasteiger charge is -2.26. The van der Waals surface area contributed by atoms with Crippen LogP contribution in [0.4, 0.5) is 0 Å². The minimum Gasteiger partial charge on any atom is -0.356 e. The standard InChI is InChI=1S/C15H25NO/c1-10-2-4-11(5-3-10)9-16-15(17)14-7-12-6-13(12)8-14/h10-14H,2-9H2,1H3,(H,16,17). The van der Waals surface area contributed by atoms with E-state index in [1.807, 2.05) is 0 Å². The first-order valence-electron chi connectivity index (χ1n) is 7.50. The maximum Gasteiger partial charge on any atom is 0.223 e. The van der Waals surface area contributed by atoms with Gasteiger partial charge in [0.15, 0.2) is 0 Å². The normalized spacial score (nSPS) is 44.2. The fourth-order valence-corrected chi connectivity index (χ4v) is 3.85. The van der Waals surface area contributed by atoms with Crippen LogP contribution in [0.5, 0.6) is 0 Å². The Morgan fingerprint density at radius 2 is 1.71 bits per heavy atom. The number of hydrogen-bond acceptors (Lipinski definition) is 1. The van der Waals surface area contributed by atoms with Crippen molar-refractivity contribution < 1.29 is 4.79 Å². The van der Waals surface area contributed by atoms with E-state index in [0.29, 0.717) is 11.8 Å². The molecule has 0 spiro atoms. The highest BCUT2D eigenvalue weighted by Crippen LogP contribution is 2.54. The van der Waals surface area contributed by atoms with Crippen LogP contribution in [0.25, 0.3) is 0 Å². The van der Waals surface area contributed by atoms with E-state index in [2.05, 4.69) is 12.2 Å². The van der Waals surface area contributed by atoms with Crippen molar-refractivity contribution in [1.82, 2.24) is 5.32 Å². The van der Waals surface area contributed by atoms with E-state index in [1.165, 1.54) is 44.9 Å². The molecule has 0 aromatic rings. The van der Waals surface area contributed by atoms with E-state index < -0.39 is 0 Å². The van der Waals surface area contributed by atoms with Crippen molar-refractivity contribution in [2.45, 2.75) is 51.9 Å². The number of nitrogens with one attached hydrogen (secondary N) is 1. The Bertz CT molecular complexity index is 283. The van der Waals surface area contributed by atoms with E-state index in [9.17, 15) is 4.79 Å². The second kappa shape index (κ2) is 4.62. The van der Waals surface area contributed by atoms with Crippen LogP contribution in [-0.4, -0.2) is 12.5 Å². The lowest BCUT2D eigenvalue weighted by molar-refractivity contribution is -0.125. The summed E-state index contributed by atoms with van der Waals surface area (Å²) in [6, 6.07) is 0. The number of amides is 1. The summed E-state index contributed by atoms with van der Waals surface area (Å²) in [6.45, 7) is 3.29. The van der Waals surface area contributed by atoms with Crippen LogP contribution in [0.15, 0.2) is 0 Å². The molecule has 2 nitrogen and oxygen atoms in total. The zero-order valence-electron chi connectivity index (χ0n) is 11.0. The van der Waals surface area contributed by atoms with Crippen molar-refractivity contribution in [3.8, 4) is 0 Å². The molecule has 3 fully saturated rings. The van der Waals surface area contributed by atoms with Gasteiger partial charge in [0.25, 0.3) is 0 Å². The monoisotopic (exact) mass is 235 g/mol. The fourth-order valence-electron chi connectivity index (χ4n) is 3.85. The molecule has 0 aliphatic heterocycles. The van der Waals surface area contributed by atoms with Crippen molar-refractivity contribution in [2.75, 3.05) is 6.54 Å². The zero-order valence-corrected chi connectivity index (χ0v) is 11.0. The van der Waals surface area contributed by atoms with Crippen molar-refractivity contribution in [3.63, 3.8) is 0 Å². The van der Waals surface area contributed by atoms with E-state index in [4.69, 9.17) is 0 Å². The molecule has 3 rings (SSSR count). The van der Waals surface area contributed by atoms with Crippen LogP contribution >= 0.6 is 0 Å². The average molecular weight is 235 g/mol. The quantitative estimate of drug-likeness (QED) is 0.800. The van der Waals surface area contributed by atoms with E-state index in [1.54, 1.807) is 0 Å². The van der Waals surface area contributed by atoms with Crippen molar-refractivity contribution in [3.05, 3.63) is 0 Å². The molecule has 2 atom stereocenters. The summed E-state index contributed by atoms with van der Waals surface area (Å²) in [5.74, 6) is 4.22. The summed E-state index contributed by atoms with van der Waals surface area (Å²) in [6.07, 6.45) is 9.11. The van der Waals surface area contributed by atoms with Gasteiger partial charge in [-0.3, -0.25) is 4.79 Å². The second-order valence-electron chi connectivity index (χ2n) is 6.80. The van der Waals surface area contributed by atoms with Gasteiger partial charge in [-0.25, -0.2) is 0 Å². The van der Waals surface area contributed by atoms with Crippen LogP contribution in [0.3, 0.4) is 0 Å². The van der Waals surface area contributed by atoms with Crippen LogP contribution < -0.4 is 5.32 Å². The molecule has 0 saturated heterocycles. The Labute approximate surface area is 105 Å². The summed E-state index contributed by atoms with van der Waals surface area (Å²) in [5, 5.41) is 3.21. The number of rotatable bonds is 3. The zero-order chi connectivity index (χ0) is 11.8. The molecule has 0 heterocycles. The Morgan fingerprint density at radius 1 is 1.06 bits per heavy atom. The fraction of sp³-hybridized carbons (Fsp3) is 0.933. The van der Waals surface area contributed by atoms with Gasteiger partial charge < -0.3 is 5.32 Å². The van der Waals surface area contributed by atoms with Crippen molar-refractivity contribution in [2.24, 2.45) is 29.6 Å². The second-order valence-corrected chi connectivity index (χ2v) is 6.80. The van der Waals surface area contributed by atoms with Crippen LogP contribution in [0.2, 0.25) is 0 Å². The molecular weight excluding hydrogens is 210 g/mol. The van der Waals surface area contributed by atoms with Gasteiger partial charge in [-0.05, 0) is 55.8 Å². The third-order valence-electron chi connectivity index (χ3n) is 5.31. The molecule has 0 radical (unpaired) electrons. The highest BCUT2D eigenvalue weighted by molar-refractivity contribution is 5.79. The maximum absolute atomic E-state index is 12.0. The molecule has 3 saturated carbocycles. The first kappa shape index (κ1) is 11.6. The third-order valence-corrected chi connectivity index (χ3v) is 5.31. The lowest BCUT2D eigenvalue weighted by atomic mass is 9.83. The molecular formula is C15H25NO. The van der Waals surface area contributed by atoms with Crippen LogP contribution in [0.1, 0.15) is 51.9 Å². The highest BCUT2D eigenvalue weighted by atomic mass is 16.1. The van der Waals surface area contributed by atoms with Crippen molar-refractivity contribution >= 4 is 5.91 Å². The summed E-state index contributed by atoms with van der Waals surface area (Å²) < 4.78 is 0. The average Bonchev–Trinajstić information content (AvgIpc) is 2.95. The topological polar surface area (TPSA) is 29.1 Å². The number of carbonyl (C=O) groups is 1. The first-order chi connectivity index (χ1) is 8.22. The summed E-state index contributed by atoms with van der Waals surface area (Å²) in [5.41, 5.74) is 0. The van der Waals surface area contributed by atoms with Gasteiger partial charge in [0, 0.05) is 12.5 Å². The molecule has 2 heteroatoms. The van der Waals surface area contributed by atoms with Gasteiger partial charge in [-0.2, -0.15) is 0 Å². The largest absolute Gasteiger partial charge is 0.356 e. The van der Waals surface area contributed by atoms with Gasteiger partial charge in [0.05, 0.1) is 0 Å². The summed E-state index contributed by atoms with van der Waals surface area (Å²) in [7, 11) is 0. The van der Waals surface area contributed by atoms with Gasteiger partial charge in [-0.15, -0.1) is 0 Å². The Hall–Kier alpha value is -0.530. The van der Waals surface area contributed by atoms with Crippen LogP contribution in [-0.2, 0) is 4.79 Å². The number of hydrogen-bond donors (Lipinski definition) is 1. The lowest BCUT2D eigenvalue weighted by Crippen LogP contribution is -2.35. The molecule has 0 aromatic heterocycles. The highest BCUT2D eigenvalue weighted by Gasteiger charge is 2.47. The van der Waals surface area contributed by atoms with Gasteiger partial charge in [0.1, 0.15) is 0 Å². The summed E-state index contributed by atoms with van der Waals surface area (Å²) >= 11 is 0. The van der Waals surface area contributed by atoms with E-state index >= 15 is 0 Å². The third kappa shape index (κ3) is 2.66. The minimum absolute atomic E-state index is 0.357. The Kier molecular flexibility index (Phi) is 3.14. The molecule has 1 amide bonds. The Balaban J connectivity index is 1.37. The predicted octanol–water partition coefficient (Wildman–Crippen LogP) is 2.98. The van der Waals surface area contributed by atoms with E-state index in [-0.39, 0.29) is 0 Å². The molecule has 1 N–H and O–H groups in total. The maximum atomic E-state index is 12.0. The van der Waals surface area contributed by atoms with Crippen LogP contribution in [0, 0.1) is 29.6 Å². The Morgan fingerprint density at radius 3 is 2.35 bits per heavy atom. The molecule has 3 aliphatic rings. The SMILES string of the molecule is CC1CCC(CNC(=O)C2CC3CC3C2)CC1. The molecule has 2 unspecified atom stereocenters. The smallest absolute Gasteiger partial charge is 0.223 e. The predicted molar refractivity (Wildman–Crippen MR) is 68.5 cm³/mol. The van der Waals surface area contributed by atoms with E-state index in [0.717, 1.165) is 30.2 Å². The number of carbonyl (C=O) groups excluding carboxylic acids is 1. The molecule has 0 bridgehead atoms. The molecule has 17 heavy (non-hydrogen) atoms. The summed E-state index contributed by atoms with van der Waals surface area (Å²) in [4.78, 5) is 12.0. The van der Waals surface area contributed by atoms with Gasteiger partial charge in [0.2, 0.25) is 5.91 Å². The van der Waals surface area contributed by atoms with Gasteiger partial charge >= 0.3 is 0 Å².